The molecule has 3 N–H and O–H groups in total. The van der Waals surface area contributed by atoms with Gasteiger partial charge in [-0.2, -0.15) is 0 Å². The summed E-state index contributed by atoms with van der Waals surface area (Å²) in [7, 11) is 3.46. The molecule has 2 rings (SSSR count). The van der Waals surface area contributed by atoms with Crippen molar-refractivity contribution in [2.75, 3.05) is 24.5 Å². The van der Waals surface area contributed by atoms with Crippen LogP contribution in [0.15, 0.2) is 36.7 Å². The van der Waals surface area contributed by atoms with E-state index in [2.05, 4.69) is 15.4 Å². The van der Waals surface area contributed by atoms with E-state index in [1.165, 1.54) is 6.33 Å². The highest BCUT2D eigenvalue weighted by Crippen LogP contribution is 2.34. The van der Waals surface area contributed by atoms with Gasteiger partial charge in [0.25, 0.3) is 0 Å². The molecule has 0 bridgehead atoms. The molecule has 1 aromatic carbocycles. The van der Waals surface area contributed by atoms with Crippen LogP contribution in [0.3, 0.4) is 0 Å². The Morgan fingerprint density at radius 3 is 2.56 bits per heavy atom. The Labute approximate surface area is 105 Å². The maximum atomic E-state index is 5.40. The van der Waals surface area contributed by atoms with E-state index >= 15 is 0 Å². The van der Waals surface area contributed by atoms with Gasteiger partial charge in [0.2, 0.25) is 5.75 Å². The van der Waals surface area contributed by atoms with Gasteiger partial charge in [-0.1, -0.05) is 18.2 Å². The van der Waals surface area contributed by atoms with E-state index in [1.807, 2.05) is 42.3 Å². The number of hydrogen-bond acceptors (Lipinski definition) is 6. The van der Waals surface area contributed by atoms with Gasteiger partial charge in [-0.15, -0.1) is 0 Å². The summed E-state index contributed by atoms with van der Waals surface area (Å²) in [6.07, 6.45) is 1.44. The van der Waals surface area contributed by atoms with Gasteiger partial charge in [-0.05, 0) is 12.1 Å². The molecule has 0 radical (unpaired) electrons. The van der Waals surface area contributed by atoms with Crippen molar-refractivity contribution in [1.82, 2.24) is 9.97 Å². The van der Waals surface area contributed by atoms with Crippen molar-refractivity contribution in [3.63, 3.8) is 0 Å². The van der Waals surface area contributed by atoms with E-state index in [4.69, 9.17) is 10.6 Å². The van der Waals surface area contributed by atoms with E-state index < -0.39 is 0 Å². The average molecular weight is 245 g/mol. The van der Waals surface area contributed by atoms with Crippen molar-refractivity contribution in [3.05, 3.63) is 36.7 Å². The Hall–Kier alpha value is -2.34. The van der Waals surface area contributed by atoms with E-state index in [-0.39, 0.29) is 0 Å². The number of rotatable bonds is 4. The number of hydrazine groups is 1. The zero-order chi connectivity index (χ0) is 13.0. The number of anilines is 3. The quantitative estimate of drug-likeness (QED) is 0.628. The summed E-state index contributed by atoms with van der Waals surface area (Å²) >= 11 is 0. The van der Waals surface area contributed by atoms with Crippen molar-refractivity contribution in [2.24, 2.45) is 5.84 Å². The van der Waals surface area contributed by atoms with E-state index in [9.17, 15) is 0 Å². The number of hydrogen-bond donors (Lipinski definition) is 2. The van der Waals surface area contributed by atoms with Crippen LogP contribution in [0, 0.1) is 0 Å². The number of nitrogen functional groups attached to an aromatic ring is 1. The SMILES string of the molecule is COc1c(NN)ncnc1N(C)c1ccccc1. The van der Waals surface area contributed by atoms with Crippen LogP contribution in [0.2, 0.25) is 0 Å². The lowest BCUT2D eigenvalue weighted by Crippen LogP contribution is -2.16. The molecular weight excluding hydrogens is 230 g/mol. The molecule has 2 aromatic rings. The predicted octanol–water partition coefficient (Wildman–Crippen LogP) is 1.54. The lowest BCUT2D eigenvalue weighted by atomic mass is 10.3. The molecule has 94 valence electrons. The number of nitrogens with two attached hydrogens (primary N) is 1. The minimum Gasteiger partial charge on any atom is -0.490 e. The monoisotopic (exact) mass is 245 g/mol. The number of benzene rings is 1. The van der Waals surface area contributed by atoms with Crippen molar-refractivity contribution in [1.29, 1.82) is 0 Å². The highest BCUT2D eigenvalue weighted by Gasteiger charge is 2.15. The van der Waals surface area contributed by atoms with E-state index in [0.717, 1.165) is 5.69 Å². The zero-order valence-electron chi connectivity index (χ0n) is 10.3. The molecule has 0 saturated heterocycles. The number of nitrogens with zero attached hydrogens (tertiary/aromatic N) is 3. The molecule has 0 atom stereocenters. The summed E-state index contributed by atoms with van der Waals surface area (Å²) in [5.41, 5.74) is 3.49. The minimum atomic E-state index is 0.449. The van der Waals surface area contributed by atoms with E-state index in [1.54, 1.807) is 7.11 Å². The molecule has 0 spiro atoms. The first-order valence-corrected chi connectivity index (χ1v) is 5.42. The molecular formula is C12H15N5O. The summed E-state index contributed by atoms with van der Waals surface area (Å²) in [4.78, 5) is 10.1. The summed E-state index contributed by atoms with van der Waals surface area (Å²) in [5.74, 6) is 7.00. The standard InChI is InChI=1S/C12H15N5O/c1-17(9-6-4-3-5-7-9)12-10(18-2)11(16-13)14-8-15-12/h3-8H,13H2,1-2H3,(H,14,15,16). The highest BCUT2D eigenvalue weighted by molar-refractivity contribution is 5.70. The predicted molar refractivity (Wildman–Crippen MR) is 70.9 cm³/mol. The Morgan fingerprint density at radius 2 is 1.94 bits per heavy atom. The van der Waals surface area contributed by atoms with Gasteiger partial charge in [0.1, 0.15) is 6.33 Å². The normalized spacial score (nSPS) is 9.94. The van der Waals surface area contributed by atoms with Crippen molar-refractivity contribution >= 4 is 17.3 Å². The van der Waals surface area contributed by atoms with Gasteiger partial charge in [-0.25, -0.2) is 15.8 Å². The Balaban J connectivity index is 2.45. The van der Waals surface area contributed by atoms with Crippen LogP contribution in [0.1, 0.15) is 0 Å². The van der Waals surface area contributed by atoms with Gasteiger partial charge in [0, 0.05) is 12.7 Å². The fourth-order valence-corrected chi connectivity index (χ4v) is 1.67. The molecule has 0 unspecified atom stereocenters. The van der Waals surface area contributed by atoms with Crippen LogP contribution in [-0.2, 0) is 0 Å². The molecule has 6 heteroatoms. The van der Waals surface area contributed by atoms with Crippen molar-refractivity contribution in [2.45, 2.75) is 0 Å². The summed E-state index contributed by atoms with van der Waals surface area (Å²) in [6, 6.07) is 9.85. The fourth-order valence-electron chi connectivity index (χ4n) is 1.67. The second-order valence-electron chi connectivity index (χ2n) is 3.62. The number of para-hydroxylation sites is 1. The number of nitrogens with one attached hydrogen (secondary N) is 1. The zero-order valence-corrected chi connectivity index (χ0v) is 10.3. The second-order valence-corrected chi connectivity index (χ2v) is 3.62. The third kappa shape index (κ3) is 2.18. The van der Waals surface area contributed by atoms with Crippen LogP contribution in [0.25, 0.3) is 0 Å². The summed E-state index contributed by atoms with van der Waals surface area (Å²) in [6.45, 7) is 0. The van der Waals surface area contributed by atoms with Gasteiger partial charge in [0.05, 0.1) is 7.11 Å². The molecule has 1 aromatic heterocycles. The molecule has 18 heavy (non-hydrogen) atoms. The highest BCUT2D eigenvalue weighted by atomic mass is 16.5. The third-order valence-electron chi connectivity index (χ3n) is 2.59. The smallest absolute Gasteiger partial charge is 0.206 e. The number of aromatic nitrogens is 2. The lowest BCUT2D eigenvalue weighted by molar-refractivity contribution is 0.414. The molecule has 1 heterocycles. The van der Waals surface area contributed by atoms with Gasteiger partial charge >= 0.3 is 0 Å². The minimum absolute atomic E-state index is 0.449. The van der Waals surface area contributed by atoms with Crippen LogP contribution in [-0.4, -0.2) is 24.1 Å². The molecule has 0 aliphatic carbocycles. The van der Waals surface area contributed by atoms with Crippen LogP contribution in [0.5, 0.6) is 5.75 Å². The molecule has 0 aliphatic heterocycles. The molecule has 6 nitrogen and oxygen atoms in total. The fraction of sp³-hybridized carbons (Fsp3) is 0.167. The Bertz CT molecular complexity index is 517. The largest absolute Gasteiger partial charge is 0.490 e. The lowest BCUT2D eigenvalue weighted by Gasteiger charge is -2.21. The van der Waals surface area contributed by atoms with Crippen LogP contribution >= 0.6 is 0 Å². The Morgan fingerprint density at radius 1 is 1.22 bits per heavy atom. The van der Waals surface area contributed by atoms with Crippen LogP contribution < -0.4 is 20.9 Å². The molecule has 0 saturated carbocycles. The molecule has 0 fully saturated rings. The van der Waals surface area contributed by atoms with Gasteiger partial charge in [0.15, 0.2) is 11.6 Å². The topological polar surface area (TPSA) is 76.3 Å². The average Bonchev–Trinajstić information content (AvgIpc) is 2.46. The van der Waals surface area contributed by atoms with Gasteiger partial charge < -0.3 is 15.1 Å². The van der Waals surface area contributed by atoms with Crippen molar-refractivity contribution < 1.29 is 4.74 Å². The number of methoxy groups -OCH3 is 1. The molecule has 0 amide bonds. The van der Waals surface area contributed by atoms with Crippen molar-refractivity contribution in [3.8, 4) is 5.75 Å². The first-order valence-electron chi connectivity index (χ1n) is 5.42. The van der Waals surface area contributed by atoms with Gasteiger partial charge in [-0.3, -0.25) is 0 Å². The first-order chi connectivity index (χ1) is 8.77. The van der Waals surface area contributed by atoms with E-state index in [0.29, 0.717) is 17.4 Å². The Kier molecular flexibility index (Phi) is 3.59. The molecule has 0 aliphatic rings. The third-order valence-corrected chi connectivity index (χ3v) is 2.59. The number of ether oxygens (including phenoxy) is 1. The summed E-state index contributed by atoms with van der Waals surface area (Å²) in [5, 5.41) is 0. The summed E-state index contributed by atoms with van der Waals surface area (Å²) < 4.78 is 5.30. The van der Waals surface area contributed by atoms with Crippen LogP contribution in [0.4, 0.5) is 17.3 Å². The maximum absolute atomic E-state index is 5.40. The first kappa shape index (κ1) is 12.1. The maximum Gasteiger partial charge on any atom is 0.206 e. The second kappa shape index (κ2) is 5.33.